The molecule has 0 saturated carbocycles. The van der Waals surface area contributed by atoms with E-state index in [0.717, 1.165) is 36.7 Å². The highest BCUT2D eigenvalue weighted by atomic mass is 19.1. The van der Waals surface area contributed by atoms with Crippen LogP contribution in [-0.2, 0) is 13.0 Å². The molecule has 3 nitrogen and oxygen atoms in total. The van der Waals surface area contributed by atoms with E-state index < -0.39 is 0 Å². The first kappa shape index (κ1) is 10.5. The standard InChI is InChI=1S/C13H14FN3/c1-9-16-12-8-15-6-5-13(12)17(9)11-4-2-3-10(14)7-11/h2-4,7,15H,5-6,8H2,1H3. The van der Waals surface area contributed by atoms with Gasteiger partial charge in [-0.2, -0.15) is 0 Å². The van der Waals surface area contributed by atoms with Crippen molar-refractivity contribution in [1.82, 2.24) is 14.9 Å². The number of aryl methyl sites for hydroxylation is 1. The number of hydrogen-bond donors (Lipinski definition) is 1. The van der Waals surface area contributed by atoms with Gasteiger partial charge in [-0.05, 0) is 25.1 Å². The molecule has 1 aromatic heterocycles. The summed E-state index contributed by atoms with van der Waals surface area (Å²) in [5.41, 5.74) is 3.14. The van der Waals surface area contributed by atoms with Gasteiger partial charge >= 0.3 is 0 Å². The SMILES string of the molecule is Cc1nc2c(n1-c1cccc(F)c1)CCNC2. The summed E-state index contributed by atoms with van der Waals surface area (Å²) in [4.78, 5) is 4.54. The van der Waals surface area contributed by atoms with Gasteiger partial charge < -0.3 is 9.88 Å². The summed E-state index contributed by atoms with van der Waals surface area (Å²) in [6.45, 7) is 3.72. The van der Waals surface area contributed by atoms with Crippen LogP contribution < -0.4 is 5.32 Å². The highest BCUT2D eigenvalue weighted by molar-refractivity contribution is 5.38. The summed E-state index contributed by atoms with van der Waals surface area (Å²) >= 11 is 0. The van der Waals surface area contributed by atoms with Gasteiger partial charge in [-0.3, -0.25) is 0 Å². The van der Waals surface area contributed by atoms with Crippen molar-refractivity contribution in [2.75, 3.05) is 6.54 Å². The van der Waals surface area contributed by atoms with E-state index in [0.29, 0.717) is 0 Å². The summed E-state index contributed by atoms with van der Waals surface area (Å²) in [5.74, 6) is 0.711. The van der Waals surface area contributed by atoms with Gasteiger partial charge in [-0.1, -0.05) is 6.07 Å². The normalized spacial score (nSPS) is 14.7. The summed E-state index contributed by atoms with van der Waals surface area (Å²) in [5, 5.41) is 3.29. The van der Waals surface area contributed by atoms with Crippen LogP contribution in [0.25, 0.3) is 5.69 Å². The van der Waals surface area contributed by atoms with Crippen molar-refractivity contribution in [3.63, 3.8) is 0 Å². The predicted octanol–water partition coefficient (Wildman–Crippen LogP) is 1.97. The van der Waals surface area contributed by atoms with E-state index in [1.807, 2.05) is 13.0 Å². The Balaban J connectivity index is 2.17. The van der Waals surface area contributed by atoms with Gasteiger partial charge in [0, 0.05) is 30.9 Å². The van der Waals surface area contributed by atoms with Crippen molar-refractivity contribution in [3.8, 4) is 5.69 Å². The first-order chi connectivity index (χ1) is 8.25. The minimum Gasteiger partial charge on any atom is -0.311 e. The zero-order valence-electron chi connectivity index (χ0n) is 9.70. The number of rotatable bonds is 1. The highest BCUT2D eigenvalue weighted by Gasteiger charge is 2.18. The molecule has 3 rings (SSSR count). The van der Waals surface area contributed by atoms with E-state index in [-0.39, 0.29) is 5.82 Å². The summed E-state index contributed by atoms with van der Waals surface area (Å²) in [7, 11) is 0. The molecule has 0 saturated heterocycles. The number of benzene rings is 1. The molecule has 2 heterocycles. The lowest BCUT2D eigenvalue weighted by atomic mass is 10.1. The lowest BCUT2D eigenvalue weighted by molar-refractivity contribution is 0.615. The fraction of sp³-hybridized carbons (Fsp3) is 0.308. The number of nitrogens with one attached hydrogen (secondary N) is 1. The predicted molar refractivity (Wildman–Crippen MR) is 63.7 cm³/mol. The van der Waals surface area contributed by atoms with Crippen LogP contribution in [0.1, 0.15) is 17.2 Å². The summed E-state index contributed by atoms with van der Waals surface area (Å²) in [6, 6.07) is 6.67. The lowest BCUT2D eigenvalue weighted by Gasteiger charge is -2.15. The van der Waals surface area contributed by atoms with Crippen LogP contribution in [0.15, 0.2) is 24.3 Å². The molecule has 1 aliphatic rings. The molecule has 0 radical (unpaired) electrons. The molecule has 0 fully saturated rings. The average Bonchev–Trinajstić information content (AvgIpc) is 2.64. The largest absolute Gasteiger partial charge is 0.311 e. The third kappa shape index (κ3) is 1.74. The van der Waals surface area contributed by atoms with E-state index in [9.17, 15) is 4.39 Å². The fourth-order valence-electron chi connectivity index (χ4n) is 2.40. The molecule has 1 aromatic carbocycles. The van der Waals surface area contributed by atoms with Crippen LogP contribution in [0.5, 0.6) is 0 Å². The zero-order valence-corrected chi connectivity index (χ0v) is 9.70. The molecular weight excluding hydrogens is 217 g/mol. The Morgan fingerprint density at radius 1 is 1.41 bits per heavy atom. The summed E-state index contributed by atoms with van der Waals surface area (Å²) in [6.07, 6.45) is 0.937. The van der Waals surface area contributed by atoms with Crippen molar-refractivity contribution in [3.05, 3.63) is 47.3 Å². The molecule has 0 bridgehead atoms. The van der Waals surface area contributed by atoms with Crippen LogP contribution in [0.4, 0.5) is 4.39 Å². The molecular formula is C13H14FN3. The Morgan fingerprint density at radius 3 is 3.12 bits per heavy atom. The van der Waals surface area contributed by atoms with Gasteiger partial charge in [0.2, 0.25) is 0 Å². The van der Waals surface area contributed by atoms with E-state index in [2.05, 4.69) is 14.9 Å². The van der Waals surface area contributed by atoms with Crippen molar-refractivity contribution < 1.29 is 4.39 Å². The first-order valence-electron chi connectivity index (χ1n) is 5.79. The van der Waals surface area contributed by atoms with Crippen molar-refractivity contribution >= 4 is 0 Å². The van der Waals surface area contributed by atoms with Gasteiger partial charge in [0.15, 0.2) is 0 Å². The van der Waals surface area contributed by atoms with Gasteiger partial charge in [0.05, 0.1) is 5.69 Å². The average molecular weight is 231 g/mol. The molecule has 17 heavy (non-hydrogen) atoms. The fourth-order valence-corrected chi connectivity index (χ4v) is 2.40. The number of aromatic nitrogens is 2. The molecule has 88 valence electrons. The minimum atomic E-state index is -0.210. The number of fused-ring (bicyclic) bond motifs is 1. The second kappa shape index (κ2) is 3.96. The third-order valence-corrected chi connectivity index (χ3v) is 3.12. The molecule has 0 aliphatic carbocycles. The van der Waals surface area contributed by atoms with Gasteiger partial charge in [0.1, 0.15) is 11.6 Å². The topological polar surface area (TPSA) is 29.9 Å². The highest BCUT2D eigenvalue weighted by Crippen LogP contribution is 2.21. The molecule has 0 amide bonds. The van der Waals surface area contributed by atoms with E-state index in [1.165, 1.54) is 11.8 Å². The molecule has 2 aromatic rings. The van der Waals surface area contributed by atoms with Crippen LogP contribution in [-0.4, -0.2) is 16.1 Å². The van der Waals surface area contributed by atoms with Crippen molar-refractivity contribution in [2.24, 2.45) is 0 Å². The molecule has 0 spiro atoms. The molecule has 0 atom stereocenters. The second-order valence-electron chi connectivity index (χ2n) is 4.29. The van der Waals surface area contributed by atoms with E-state index in [4.69, 9.17) is 0 Å². The van der Waals surface area contributed by atoms with Crippen LogP contribution in [0, 0.1) is 12.7 Å². The monoisotopic (exact) mass is 231 g/mol. The molecule has 0 unspecified atom stereocenters. The van der Waals surface area contributed by atoms with Gasteiger partial charge in [0.25, 0.3) is 0 Å². The van der Waals surface area contributed by atoms with Gasteiger partial charge in [-0.25, -0.2) is 9.37 Å². The maximum Gasteiger partial charge on any atom is 0.125 e. The smallest absolute Gasteiger partial charge is 0.125 e. The Morgan fingerprint density at radius 2 is 2.29 bits per heavy atom. The number of imidazole rings is 1. The maximum absolute atomic E-state index is 13.3. The minimum absolute atomic E-state index is 0.210. The molecule has 1 aliphatic heterocycles. The van der Waals surface area contributed by atoms with Crippen LogP contribution in [0.3, 0.4) is 0 Å². The summed E-state index contributed by atoms with van der Waals surface area (Å²) < 4.78 is 15.3. The van der Waals surface area contributed by atoms with E-state index >= 15 is 0 Å². The Labute approximate surface area is 99.3 Å². The Bertz CT molecular complexity index is 560. The maximum atomic E-state index is 13.3. The van der Waals surface area contributed by atoms with E-state index in [1.54, 1.807) is 12.1 Å². The molecule has 1 N–H and O–H groups in total. The van der Waals surface area contributed by atoms with Crippen molar-refractivity contribution in [2.45, 2.75) is 19.9 Å². The van der Waals surface area contributed by atoms with Gasteiger partial charge in [-0.15, -0.1) is 0 Å². The number of halogens is 1. The number of nitrogens with zero attached hydrogens (tertiary/aromatic N) is 2. The van der Waals surface area contributed by atoms with Crippen LogP contribution in [0.2, 0.25) is 0 Å². The first-order valence-corrected chi connectivity index (χ1v) is 5.79. The quantitative estimate of drug-likeness (QED) is 0.813. The second-order valence-corrected chi connectivity index (χ2v) is 4.29. The lowest BCUT2D eigenvalue weighted by Crippen LogP contribution is -2.24. The number of hydrogen-bond acceptors (Lipinski definition) is 2. The van der Waals surface area contributed by atoms with Crippen LogP contribution >= 0.6 is 0 Å². The zero-order chi connectivity index (χ0) is 11.8. The Hall–Kier alpha value is -1.68. The van der Waals surface area contributed by atoms with Crippen molar-refractivity contribution in [1.29, 1.82) is 0 Å². The Kier molecular flexibility index (Phi) is 2.44. The third-order valence-electron chi connectivity index (χ3n) is 3.12. The molecule has 4 heteroatoms.